The largest absolute Gasteiger partial charge is 0.316 e. The molecule has 1 aromatic rings. The fourth-order valence-corrected chi connectivity index (χ4v) is 2.89. The molecule has 4 heteroatoms. The highest BCUT2D eigenvalue weighted by Crippen LogP contribution is 2.20. The number of hydrogen-bond acceptors (Lipinski definition) is 4. The van der Waals surface area contributed by atoms with Crippen molar-refractivity contribution in [2.75, 3.05) is 18.8 Å². The maximum Gasteiger partial charge on any atom is 0.187 e. The van der Waals surface area contributed by atoms with Gasteiger partial charge in [-0.3, -0.25) is 0 Å². The molecular weight excluding hydrogens is 206 g/mol. The molecule has 1 saturated heterocycles. The van der Waals surface area contributed by atoms with E-state index in [1.54, 1.807) is 11.8 Å². The molecule has 2 rings (SSSR count). The maximum atomic E-state index is 4.43. The highest BCUT2D eigenvalue weighted by atomic mass is 32.2. The van der Waals surface area contributed by atoms with Gasteiger partial charge in [0.2, 0.25) is 0 Å². The Kier molecular flexibility index (Phi) is 3.59. The summed E-state index contributed by atoms with van der Waals surface area (Å²) in [5.74, 6) is 1.93. The van der Waals surface area contributed by atoms with Crippen LogP contribution in [0.1, 0.15) is 17.8 Å². The van der Waals surface area contributed by atoms with Gasteiger partial charge >= 0.3 is 0 Å². The average molecular weight is 223 g/mol. The second-order valence-electron chi connectivity index (χ2n) is 4.10. The van der Waals surface area contributed by atoms with Crippen LogP contribution < -0.4 is 5.32 Å². The minimum absolute atomic E-state index is 0.791. The summed E-state index contributed by atoms with van der Waals surface area (Å²) in [4.78, 5) is 8.85. The number of aryl methyl sites for hydroxylation is 2. The van der Waals surface area contributed by atoms with E-state index in [9.17, 15) is 0 Å². The van der Waals surface area contributed by atoms with Gasteiger partial charge in [0, 0.05) is 17.1 Å². The van der Waals surface area contributed by atoms with Gasteiger partial charge in [0.1, 0.15) is 0 Å². The molecule has 0 amide bonds. The van der Waals surface area contributed by atoms with Crippen LogP contribution in [0.4, 0.5) is 0 Å². The summed E-state index contributed by atoms with van der Waals surface area (Å²) in [7, 11) is 0. The van der Waals surface area contributed by atoms with Crippen LogP contribution in [0.5, 0.6) is 0 Å². The third kappa shape index (κ3) is 3.18. The van der Waals surface area contributed by atoms with Gasteiger partial charge in [-0.25, -0.2) is 9.97 Å². The second-order valence-corrected chi connectivity index (χ2v) is 5.09. The van der Waals surface area contributed by atoms with Gasteiger partial charge in [-0.2, -0.15) is 0 Å². The Morgan fingerprint density at radius 2 is 2.13 bits per heavy atom. The number of thioether (sulfide) groups is 1. The summed E-state index contributed by atoms with van der Waals surface area (Å²) in [5, 5.41) is 4.31. The van der Waals surface area contributed by atoms with E-state index in [-0.39, 0.29) is 0 Å². The van der Waals surface area contributed by atoms with Gasteiger partial charge in [0.15, 0.2) is 5.16 Å². The molecule has 0 aromatic carbocycles. The number of nitrogens with zero attached hydrogens (tertiary/aromatic N) is 2. The minimum atomic E-state index is 0.791. The lowest BCUT2D eigenvalue weighted by molar-refractivity contribution is 0.661. The van der Waals surface area contributed by atoms with Crippen LogP contribution in [0.15, 0.2) is 11.2 Å². The lowest BCUT2D eigenvalue weighted by Gasteiger charge is -2.07. The third-order valence-electron chi connectivity index (χ3n) is 2.57. The fraction of sp³-hybridized carbons (Fsp3) is 0.636. The van der Waals surface area contributed by atoms with Crippen molar-refractivity contribution in [3.63, 3.8) is 0 Å². The Bertz CT molecular complexity index is 314. The van der Waals surface area contributed by atoms with E-state index < -0.39 is 0 Å². The maximum absolute atomic E-state index is 4.43. The number of aromatic nitrogens is 2. The molecule has 0 radical (unpaired) electrons. The smallest absolute Gasteiger partial charge is 0.187 e. The third-order valence-corrected chi connectivity index (χ3v) is 3.65. The van der Waals surface area contributed by atoms with Gasteiger partial charge in [-0.05, 0) is 45.3 Å². The van der Waals surface area contributed by atoms with Crippen molar-refractivity contribution in [3.8, 4) is 0 Å². The van der Waals surface area contributed by atoms with E-state index in [1.807, 2.05) is 19.9 Å². The zero-order valence-electron chi connectivity index (χ0n) is 9.29. The van der Waals surface area contributed by atoms with E-state index in [2.05, 4.69) is 15.3 Å². The molecule has 3 nitrogen and oxygen atoms in total. The van der Waals surface area contributed by atoms with Gasteiger partial charge in [0.05, 0.1) is 0 Å². The SMILES string of the molecule is Cc1cc(C)nc(SC[C@H]2CCNC2)n1. The molecule has 1 atom stereocenters. The first-order valence-electron chi connectivity index (χ1n) is 5.40. The van der Waals surface area contributed by atoms with Gasteiger partial charge in [-0.1, -0.05) is 11.8 Å². The first kappa shape index (κ1) is 10.9. The zero-order chi connectivity index (χ0) is 10.7. The predicted molar refractivity (Wildman–Crippen MR) is 63.2 cm³/mol. The van der Waals surface area contributed by atoms with Crippen LogP contribution in [-0.4, -0.2) is 28.8 Å². The summed E-state index contributed by atoms with van der Waals surface area (Å²) in [5.41, 5.74) is 2.13. The molecular formula is C11H17N3S. The fourth-order valence-electron chi connectivity index (χ4n) is 1.81. The van der Waals surface area contributed by atoms with E-state index in [4.69, 9.17) is 0 Å². The van der Waals surface area contributed by atoms with E-state index in [0.29, 0.717) is 0 Å². The van der Waals surface area contributed by atoms with Crippen LogP contribution in [0.2, 0.25) is 0 Å². The van der Waals surface area contributed by atoms with Crippen LogP contribution >= 0.6 is 11.8 Å². The minimum Gasteiger partial charge on any atom is -0.316 e. The zero-order valence-corrected chi connectivity index (χ0v) is 10.1. The summed E-state index contributed by atoms with van der Waals surface area (Å²) < 4.78 is 0. The molecule has 0 bridgehead atoms. The quantitative estimate of drug-likeness (QED) is 0.626. The monoisotopic (exact) mass is 223 g/mol. The molecule has 1 aliphatic rings. The van der Waals surface area contributed by atoms with Gasteiger partial charge in [-0.15, -0.1) is 0 Å². The molecule has 1 aromatic heterocycles. The van der Waals surface area contributed by atoms with Gasteiger partial charge < -0.3 is 5.32 Å². The molecule has 0 saturated carbocycles. The summed E-state index contributed by atoms with van der Waals surface area (Å²) in [6.45, 7) is 6.36. The number of rotatable bonds is 3. The van der Waals surface area contributed by atoms with Crippen LogP contribution in [0, 0.1) is 19.8 Å². The summed E-state index contributed by atoms with van der Waals surface area (Å²) >= 11 is 1.78. The summed E-state index contributed by atoms with van der Waals surface area (Å²) in [6.07, 6.45) is 1.29. The Hall–Kier alpha value is -0.610. The molecule has 1 aliphatic heterocycles. The van der Waals surface area contributed by atoms with Crippen molar-refractivity contribution >= 4 is 11.8 Å². The highest BCUT2D eigenvalue weighted by molar-refractivity contribution is 7.99. The number of nitrogens with one attached hydrogen (secondary N) is 1. The molecule has 0 spiro atoms. The molecule has 0 aliphatic carbocycles. The van der Waals surface area contributed by atoms with E-state index >= 15 is 0 Å². The molecule has 2 heterocycles. The predicted octanol–water partition coefficient (Wildman–Crippen LogP) is 1.80. The lowest BCUT2D eigenvalue weighted by atomic mass is 10.2. The Morgan fingerprint density at radius 1 is 1.40 bits per heavy atom. The van der Waals surface area contributed by atoms with Crippen LogP contribution in [0.3, 0.4) is 0 Å². The second kappa shape index (κ2) is 4.94. The van der Waals surface area contributed by atoms with Crippen molar-refractivity contribution in [1.82, 2.24) is 15.3 Å². The Morgan fingerprint density at radius 3 is 2.73 bits per heavy atom. The molecule has 82 valence electrons. The van der Waals surface area contributed by atoms with E-state index in [0.717, 1.165) is 34.8 Å². The lowest BCUT2D eigenvalue weighted by Crippen LogP contribution is -2.10. The topological polar surface area (TPSA) is 37.8 Å². The van der Waals surface area contributed by atoms with Crippen molar-refractivity contribution in [3.05, 3.63) is 17.5 Å². The van der Waals surface area contributed by atoms with Crippen molar-refractivity contribution in [2.45, 2.75) is 25.4 Å². The Balaban J connectivity index is 1.92. The normalized spacial score (nSPS) is 20.8. The number of hydrogen-bond donors (Lipinski definition) is 1. The standard InChI is InChI=1S/C11H17N3S/c1-8-5-9(2)14-11(13-8)15-7-10-3-4-12-6-10/h5,10,12H,3-4,6-7H2,1-2H3/t10-/m0/s1. The average Bonchev–Trinajstić information content (AvgIpc) is 2.65. The van der Waals surface area contributed by atoms with Crippen molar-refractivity contribution < 1.29 is 0 Å². The van der Waals surface area contributed by atoms with Crippen molar-refractivity contribution in [2.24, 2.45) is 5.92 Å². The Labute approximate surface area is 95.1 Å². The molecule has 1 fully saturated rings. The summed E-state index contributed by atoms with van der Waals surface area (Å²) in [6, 6.07) is 2.02. The highest BCUT2D eigenvalue weighted by Gasteiger charge is 2.15. The van der Waals surface area contributed by atoms with E-state index in [1.165, 1.54) is 13.0 Å². The molecule has 1 N–H and O–H groups in total. The first-order chi connectivity index (χ1) is 7.24. The van der Waals surface area contributed by atoms with Crippen molar-refractivity contribution in [1.29, 1.82) is 0 Å². The molecule has 15 heavy (non-hydrogen) atoms. The van der Waals surface area contributed by atoms with Crippen LogP contribution in [0.25, 0.3) is 0 Å². The van der Waals surface area contributed by atoms with Gasteiger partial charge in [0.25, 0.3) is 0 Å². The van der Waals surface area contributed by atoms with Crippen LogP contribution in [-0.2, 0) is 0 Å². The molecule has 0 unspecified atom stereocenters. The first-order valence-corrected chi connectivity index (χ1v) is 6.38.